The zero-order valence-corrected chi connectivity index (χ0v) is 9.69. The summed E-state index contributed by atoms with van der Waals surface area (Å²) in [6.45, 7) is -0.486. The van der Waals surface area contributed by atoms with Gasteiger partial charge in [-0.05, 0) is 12.1 Å². The van der Waals surface area contributed by atoms with Crippen LogP contribution >= 0.6 is 0 Å². The number of anilines is 1. The van der Waals surface area contributed by atoms with E-state index in [2.05, 4.69) is 0 Å². The summed E-state index contributed by atoms with van der Waals surface area (Å²) >= 11 is 0. The largest absolute Gasteiger partial charge is 0.416 e. The molecule has 1 aromatic carbocycles. The quantitative estimate of drug-likeness (QED) is 0.812. The van der Waals surface area contributed by atoms with Crippen molar-refractivity contribution in [2.24, 2.45) is 0 Å². The maximum atomic E-state index is 12.6. The first kappa shape index (κ1) is 13.8. The van der Waals surface area contributed by atoms with Gasteiger partial charge in [-0.25, -0.2) is 13.1 Å². The molecule has 4 nitrogen and oxygen atoms in total. The number of nitrogens with two attached hydrogens (primary N) is 1. The van der Waals surface area contributed by atoms with Crippen molar-refractivity contribution in [2.75, 3.05) is 12.0 Å². The fraction of sp³-hybridized carbons (Fsp3) is 0.333. The van der Waals surface area contributed by atoms with Gasteiger partial charge in [-0.2, -0.15) is 13.2 Å². The number of rotatable bonds is 3. The maximum Gasteiger partial charge on any atom is 0.416 e. The van der Waals surface area contributed by atoms with Crippen LogP contribution in [0.5, 0.6) is 0 Å². The van der Waals surface area contributed by atoms with E-state index in [0.29, 0.717) is 0 Å². The summed E-state index contributed by atoms with van der Waals surface area (Å²) in [5.41, 5.74) is 4.10. The molecule has 96 valence electrons. The number of hydrogen-bond donors (Lipinski definition) is 2. The summed E-state index contributed by atoms with van der Waals surface area (Å²) in [7, 11) is -3.57. The van der Waals surface area contributed by atoms with Gasteiger partial charge in [0, 0.05) is 17.8 Å². The van der Waals surface area contributed by atoms with Crippen LogP contribution in [-0.2, 0) is 22.7 Å². The number of hydrogen-bond acceptors (Lipinski definition) is 3. The highest BCUT2D eigenvalue weighted by Gasteiger charge is 2.33. The monoisotopic (exact) mass is 268 g/mol. The van der Waals surface area contributed by atoms with Crippen molar-refractivity contribution < 1.29 is 21.6 Å². The van der Waals surface area contributed by atoms with Crippen molar-refractivity contribution in [1.29, 1.82) is 0 Å². The minimum atomic E-state index is -4.57. The Bertz CT molecular complexity index is 511. The Morgan fingerprint density at radius 1 is 1.35 bits per heavy atom. The molecule has 0 heterocycles. The molecule has 0 aliphatic rings. The van der Waals surface area contributed by atoms with E-state index in [0.717, 1.165) is 12.3 Å². The van der Waals surface area contributed by atoms with Crippen LogP contribution in [0, 0.1) is 0 Å². The van der Waals surface area contributed by atoms with Gasteiger partial charge in [-0.1, -0.05) is 6.07 Å². The van der Waals surface area contributed by atoms with Crippen LogP contribution in [0.3, 0.4) is 0 Å². The van der Waals surface area contributed by atoms with E-state index >= 15 is 0 Å². The molecule has 0 bridgehead atoms. The molecule has 0 aliphatic carbocycles. The first-order valence-corrected chi connectivity index (χ1v) is 6.39. The van der Waals surface area contributed by atoms with Gasteiger partial charge in [0.25, 0.3) is 0 Å². The lowest BCUT2D eigenvalue weighted by Gasteiger charge is -2.14. The fourth-order valence-electron chi connectivity index (χ4n) is 1.27. The highest BCUT2D eigenvalue weighted by atomic mass is 32.2. The molecule has 0 radical (unpaired) electrons. The van der Waals surface area contributed by atoms with Crippen LogP contribution in [0.25, 0.3) is 0 Å². The van der Waals surface area contributed by atoms with Crippen molar-refractivity contribution in [3.05, 3.63) is 29.3 Å². The third kappa shape index (κ3) is 3.90. The van der Waals surface area contributed by atoms with Crippen molar-refractivity contribution in [1.82, 2.24) is 4.72 Å². The first-order chi connectivity index (χ1) is 7.61. The summed E-state index contributed by atoms with van der Waals surface area (Å²) < 4.78 is 61.5. The van der Waals surface area contributed by atoms with E-state index in [4.69, 9.17) is 5.73 Å². The molecule has 0 saturated carbocycles. The molecule has 1 rings (SSSR count). The van der Waals surface area contributed by atoms with Crippen LogP contribution in [0.15, 0.2) is 18.2 Å². The first-order valence-electron chi connectivity index (χ1n) is 4.50. The lowest BCUT2D eigenvalue weighted by Crippen LogP contribution is -2.24. The smallest absolute Gasteiger partial charge is 0.398 e. The van der Waals surface area contributed by atoms with Crippen LogP contribution in [0.4, 0.5) is 18.9 Å². The van der Waals surface area contributed by atoms with E-state index in [1.54, 1.807) is 0 Å². The second kappa shape index (κ2) is 4.53. The van der Waals surface area contributed by atoms with Gasteiger partial charge in [0.15, 0.2) is 0 Å². The van der Waals surface area contributed by atoms with Crippen LogP contribution in [-0.4, -0.2) is 14.7 Å². The number of nitrogens with one attached hydrogen (secondary N) is 1. The molecule has 0 aliphatic heterocycles. The zero-order chi connectivity index (χ0) is 13.3. The predicted octanol–water partition coefficient (Wildman–Crippen LogP) is 1.34. The van der Waals surface area contributed by atoms with Gasteiger partial charge in [0.1, 0.15) is 0 Å². The van der Waals surface area contributed by atoms with Crippen molar-refractivity contribution in [2.45, 2.75) is 12.7 Å². The molecule has 0 unspecified atom stereocenters. The van der Waals surface area contributed by atoms with E-state index in [-0.39, 0.29) is 11.3 Å². The van der Waals surface area contributed by atoms with Crippen LogP contribution < -0.4 is 10.5 Å². The summed E-state index contributed by atoms with van der Waals surface area (Å²) in [4.78, 5) is 0. The summed E-state index contributed by atoms with van der Waals surface area (Å²) in [6, 6.07) is 3.31. The molecular weight excluding hydrogens is 257 g/mol. The fourth-order valence-corrected chi connectivity index (χ4v) is 1.68. The van der Waals surface area contributed by atoms with E-state index in [1.807, 2.05) is 4.72 Å². The minimum Gasteiger partial charge on any atom is -0.398 e. The molecule has 1 aromatic rings. The van der Waals surface area contributed by atoms with Gasteiger partial charge < -0.3 is 5.73 Å². The normalized spacial score (nSPS) is 12.7. The molecule has 3 N–H and O–H groups in total. The SMILES string of the molecule is CS(=O)(=O)NCc1c(N)cccc1C(F)(F)F. The summed E-state index contributed by atoms with van der Waals surface area (Å²) in [5.74, 6) is 0. The number of alkyl halides is 3. The van der Waals surface area contributed by atoms with Crippen LogP contribution in [0.1, 0.15) is 11.1 Å². The van der Waals surface area contributed by atoms with Crippen molar-refractivity contribution in [3.63, 3.8) is 0 Å². The van der Waals surface area contributed by atoms with E-state index in [1.165, 1.54) is 12.1 Å². The van der Waals surface area contributed by atoms with Gasteiger partial charge in [0.05, 0.1) is 11.8 Å². The maximum absolute atomic E-state index is 12.6. The second-order valence-electron chi connectivity index (χ2n) is 3.46. The average molecular weight is 268 g/mol. The number of halogens is 3. The minimum absolute atomic E-state index is 0.101. The summed E-state index contributed by atoms with van der Waals surface area (Å²) in [5, 5.41) is 0. The zero-order valence-electron chi connectivity index (χ0n) is 8.88. The molecule has 0 fully saturated rings. The van der Waals surface area contributed by atoms with E-state index in [9.17, 15) is 21.6 Å². The number of benzene rings is 1. The van der Waals surface area contributed by atoms with Gasteiger partial charge in [-0.15, -0.1) is 0 Å². The third-order valence-corrected chi connectivity index (χ3v) is 2.70. The second-order valence-corrected chi connectivity index (χ2v) is 5.30. The Morgan fingerprint density at radius 2 is 1.94 bits per heavy atom. The number of nitrogen functional groups attached to an aromatic ring is 1. The topological polar surface area (TPSA) is 72.2 Å². The molecule has 0 amide bonds. The number of sulfonamides is 1. The Balaban J connectivity index is 3.13. The molecule has 0 saturated heterocycles. The standard InChI is InChI=1S/C9H11F3N2O2S/c1-17(15,16)14-5-6-7(9(10,11)12)3-2-4-8(6)13/h2-4,14H,5,13H2,1H3. The Kier molecular flexibility index (Phi) is 3.68. The molecular formula is C9H11F3N2O2S. The lowest BCUT2D eigenvalue weighted by molar-refractivity contribution is -0.138. The molecule has 0 spiro atoms. The molecule has 17 heavy (non-hydrogen) atoms. The van der Waals surface area contributed by atoms with Crippen molar-refractivity contribution >= 4 is 15.7 Å². The highest BCUT2D eigenvalue weighted by molar-refractivity contribution is 7.88. The van der Waals surface area contributed by atoms with Crippen molar-refractivity contribution in [3.8, 4) is 0 Å². The van der Waals surface area contributed by atoms with Crippen LogP contribution in [0.2, 0.25) is 0 Å². The van der Waals surface area contributed by atoms with Gasteiger partial charge >= 0.3 is 6.18 Å². The summed E-state index contributed by atoms with van der Waals surface area (Å²) in [6.07, 6.45) is -3.71. The third-order valence-electron chi connectivity index (χ3n) is 2.03. The predicted molar refractivity (Wildman–Crippen MR) is 57.5 cm³/mol. The average Bonchev–Trinajstić information content (AvgIpc) is 2.12. The van der Waals surface area contributed by atoms with E-state index < -0.39 is 28.3 Å². The molecule has 8 heteroatoms. The lowest BCUT2D eigenvalue weighted by atomic mass is 10.1. The van der Waals surface area contributed by atoms with Gasteiger partial charge in [0.2, 0.25) is 10.0 Å². The van der Waals surface area contributed by atoms with Gasteiger partial charge in [-0.3, -0.25) is 0 Å². The Morgan fingerprint density at radius 3 is 2.41 bits per heavy atom. The Labute approximate surface area is 96.7 Å². The molecule has 0 aromatic heterocycles. The molecule has 0 atom stereocenters. The highest BCUT2D eigenvalue weighted by Crippen LogP contribution is 2.34. The Hall–Kier alpha value is -1.28.